The second-order valence-corrected chi connectivity index (χ2v) is 7.68. The fourth-order valence-electron chi connectivity index (χ4n) is 2.47. The molecule has 1 fully saturated rings. The van der Waals surface area contributed by atoms with E-state index >= 15 is 0 Å². The summed E-state index contributed by atoms with van der Waals surface area (Å²) in [6, 6.07) is 3.36. The molecule has 1 aliphatic rings. The number of amides is 1. The van der Waals surface area contributed by atoms with Crippen molar-refractivity contribution in [2.75, 3.05) is 39.9 Å². The Kier molecular flexibility index (Phi) is 6.31. The van der Waals surface area contributed by atoms with Crippen LogP contribution in [-0.2, 0) is 14.8 Å². The molecule has 0 aliphatic carbocycles. The van der Waals surface area contributed by atoms with E-state index in [1.165, 1.54) is 15.3 Å². The quantitative estimate of drug-likeness (QED) is 0.777. The number of hydrogen-bond acceptors (Lipinski definition) is 4. The average molecular weight is 358 g/mol. The minimum Gasteiger partial charge on any atom is -0.379 e. The maximum Gasteiger partial charge on any atom is 0.256 e. The average Bonchev–Trinajstić information content (AvgIpc) is 2.60. The minimum atomic E-state index is -3.76. The van der Waals surface area contributed by atoms with E-state index in [2.05, 4.69) is 0 Å². The molecule has 6 nitrogen and oxygen atoms in total. The molecule has 1 amide bonds. The lowest BCUT2D eigenvalue weighted by molar-refractivity contribution is 0.0730. The maximum absolute atomic E-state index is 14.1. The van der Waals surface area contributed by atoms with E-state index in [0.717, 1.165) is 25.0 Å². The number of ether oxygens (including phenoxy) is 1. The number of carbonyl (C=O) groups excluding carboxylic acids is 1. The van der Waals surface area contributed by atoms with E-state index in [1.807, 2.05) is 6.92 Å². The van der Waals surface area contributed by atoms with Gasteiger partial charge in [0.1, 0.15) is 5.82 Å². The van der Waals surface area contributed by atoms with Gasteiger partial charge in [0.15, 0.2) is 0 Å². The molecule has 0 spiro atoms. The summed E-state index contributed by atoms with van der Waals surface area (Å²) in [5.74, 6) is -1.23. The van der Waals surface area contributed by atoms with Crippen molar-refractivity contribution in [2.24, 2.45) is 0 Å². The molecule has 1 aromatic rings. The zero-order chi connectivity index (χ0) is 17.7. The normalized spacial score (nSPS) is 16.1. The van der Waals surface area contributed by atoms with Crippen LogP contribution in [0, 0.1) is 5.82 Å². The molecule has 0 saturated carbocycles. The lowest BCUT2D eigenvalue weighted by atomic mass is 10.2. The lowest BCUT2D eigenvalue weighted by Gasteiger charge is -2.26. The summed E-state index contributed by atoms with van der Waals surface area (Å²) >= 11 is 0. The molecular weight excluding hydrogens is 335 g/mol. The third-order valence-electron chi connectivity index (χ3n) is 3.97. The second kappa shape index (κ2) is 8.04. The number of sulfonamides is 1. The maximum atomic E-state index is 14.1. The topological polar surface area (TPSA) is 66.9 Å². The molecule has 1 saturated heterocycles. The molecule has 0 N–H and O–H groups in total. The van der Waals surface area contributed by atoms with Gasteiger partial charge in [0, 0.05) is 26.7 Å². The van der Waals surface area contributed by atoms with Gasteiger partial charge in [0.25, 0.3) is 5.91 Å². The number of nitrogens with zero attached hydrogens (tertiary/aromatic N) is 2. The van der Waals surface area contributed by atoms with Gasteiger partial charge in [-0.25, -0.2) is 12.8 Å². The molecule has 24 heavy (non-hydrogen) atoms. The minimum absolute atomic E-state index is 0.0713. The van der Waals surface area contributed by atoms with Crippen LogP contribution >= 0.6 is 0 Å². The van der Waals surface area contributed by atoms with E-state index in [0.29, 0.717) is 19.8 Å². The molecule has 0 unspecified atom stereocenters. The molecule has 1 heterocycles. The zero-order valence-electron chi connectivity index (χ0n) is 14.0. The first-order valence-corrected chi connectivity index (χ1v) is 9.45. The number of morpholine rings is 1. The first-order chi connectivity index (χ1) is 11.4. The lowest BCUT2D eigenvalue weighted by Crippen LogP contribution is -2.40. The number of carbonyl (C=O) groups is 1. The van der Waals surface area contributed by atoms with Crippen molar-refractivity contribution >= 4 is 15.9 Å². The molecule has 0 atom stereocenters. The largest absolute Gasteiger partial charge is 0.379 e. The molecule has 0 aromatic heterocycles. The molecule has 134 valence electrons. The van der Waals surface area contributed by atoms with Crippen molar-refractivity contribution in [3.8, 4) is 0 Å². The Labute approximate surface area is 142 Å². The van der Waals surface area contributed by atoms with Gasteiger partial charge in [-0.3, -0.25) is 4.79 Å². The predicted molar refractivity (Wildman–Crippen MR) is 87.8 cm³/mol. The van der Waals surface area contributed by atoms with Crippen LogP contribution in [0.25, 0.3) is 0 Å². The van der Waals surface area contributed by atoms with E-state index in [9.17, 15) is 17.6 Å². The fourth-order valence-corrected chi connectivity index (χ4v) is 3.90. The number of halogens is 1. The number of rotatable bonds is 6. The van der Waals surface area contributed by atoms with Crippen LogP contribution in [0.1, 0.15) is 30.1 Å². The van der Waals surface area contributed by atoms with Crippen LogP contribution in [-0.4, -0.2) is 63.4 Å². The highest BCUT2D eigenvalue weighted by Crippen LogP contribution is 2.21. The first kappa shape index (κ1) is 18.8. The highest BCUT2D eigenvalue weighted by molar-refractivity contribution is 7.89. The van der Waals surface area contributed by atoms with Crippen molar-refractivity contribution in [2.45, 2.75) is 24.7 Å². The van der Waals surface area contributed by atoms with Gasteiger partial charge in [-0.15, -0.1) is 0 Å². The summed E-state index contributed by atoms with van der Waals surface area (Å²) in [4.78, 5) is 13.7. The van der Waals surface area contributed by atoms with Crippen LogP contribution in [0.3, 0.4) is 0 Å². The highest BCUT2D eigenvalue weighted by Gasteiger charge is 2.28. The summed E-state index contributed by atoms with van der Waals surface area (Å²) in [5, 5.41) is 0. The molecule has 0 radical (unpaired) electrons. The highest BCUT2D eigenvalue weighted by atomic mass is 32.2. The summed E-state index contributed by atoms with van der Waals surface area (Å²) < 4.78 is 45.8. The van der Waals surface area contributed by atoms with Gasteiger partial charge in [-0.05, 0) is 24.6 Å². The van der Waals surface area contributed by atoms with Crippen molar-refractivity contribution in [3.63, 3.8) is 0 Å². The van der Waals surface area contributed by atoms with Crippen LogP contribution in [0.2, 0.25) is 0 Å². The Bertz CT molecular complexity index is 687. The predicted octanol–water partition coefficient (Wildman–Crippen LogP) is 1.72. The summed E-state index contributed by atoms with van der Waals surface area (Å²) in [7, 11) is -2.18. The van der Waals surface area contributed by atoms with Crippen molar-refractivity contribution < 1.29 is 22.3 Å². The van der Waals surface area contributed by atoms with Gasteiger partial charge >= 0.3 is 0 Å². The van der Waals surface area contributed by atoms with E-state index < -0.39 is 21.7 Å². The van der Waals surface area contributed by atoms with E-state index in [4.69, 9.17) is 4.74 Å². The van der Waals surface area contributed by atoms with Crippen LogP contribution in [0.5, 0.6) is 0 Å². The van der Waals surface area contributed by atoms with E-state index in [-0.39, 0.29) is 23.5 Å². The Morgan fingerprint density at radius 3 is 2.62 bits per heavy atom. The summed E-state index contributed by atoms with van der Waals surface area (Å²) in [6.45, 7) is 3.64. The molecule has 8 heteroatoms. The molecule has 1 aliphatic heterocycles. The zero-order valence-corrected chi connectivity index (χ0v) is 14.8. The first-order valence-electron chi connectivity index (χ1n) is 8.01. The Hall–Kier alpha value is -1.51. The molecule has 2 rings (SSSR count). The third kappa shape index (κ3) is 4.12. The van der Waals surface area contributed by atoms with Crippen molar-refractivity contribution in [3.05, 3.63) is 29.6 Å². The number of unbranched alkanes of at least 4 members (excludes halogenated alkanes) is 1. The van der Waals surface area contributed by atoms with Gasteiger partial charge in [0.2, 0.25) is 10.0 Å². The third-order valence-corrected chi connectivity index (χ3v) is 5.86. The Balaban J connectivity index is 2.29. The smallest absolute Gasteiger partial charge is 0.256 e. The Morgan fingerprint density at radius 1 is 1.33 bits per heavy atom. The van der Waals surface area contributed by atoms with E-state index in [1.54, 1.807) is 7.05 Å². The molecule has 1 aromatic carbocycles. The number of hydrogen-bond donors (Lipinski definition) is 0. The molecular formula is C16H23FN2O4S. The van der Waals surface area contributed by atoms with Gasteiger partial charge < -0.3 is 9.64 Å². The van der Waals surface area contributed by atoms with Crippen LogP contribution in [0.4, 0.5) is 4.39 Å². The van der Waals surface area contributed by atoms with Crippen LogP contribution in [0.15, 0.2) is 23.1 Å². The molecule has 0 bridgehead atoms. The summed E-state index contributed by atoms with van der Waals surface area (Å²) in [5.41, 5.74) is -0.220. The van der Waals surface area contributed by atoms with Gasteiger partial charge in [-0.1, -0.05) is 13.3 Å². The monoisotopic (exact) mass is 358 g/mol. The standard InChI is InChI=1S/C16H23FN2O4S/c1-3-4-7-18(2)16(20)14-12-13(5-6-15(14)17)24(21,22)19-8-10-23-11-9-19/h5-6,12H,3-4,7-11H2,1-2H3. The van der Waals surface area contributed by atoms with Crippen LogP contribution < -0.4 is 0 Å². The fraction of sp³-hybridized carbons (Fsp3) is 0.562. The van der Waals surface area contributed by atoms with Crippen molar-refractivity contribution in [1.82, 2.24) is 9.21 Å². The second-order valence-electron chi connectivity index (χ2n) is 5.74. The number of benzene rings is 1. The van der Waals surface area contributed by atoms with Gasteiger partial charge in [0.05, 0.1) is 23.7 Å². The summed E-state index contributed by atoms with van der Waals surface area (Å²) in [6.07, 6.45) is 1.71. The van der Waals surface area contributed by atoms with Gasteiger partial charge in [-0.2, -0.15) is 4.31 Å². The van der Waals surface area contributed by atoms with Crippen molar-refractivity contribution in [1.29, 1.82) is 0 Å². The SMILES string of the molecule is CCCCN(C)C(=O)c1cc(S(=O)(=O)N2CCOCC2)ccc1F. The Morgan fingerprint density at radius 2 is 2.00 bits per heavy atom.